The second-order valence-corrected chi connectivity index (χ2v) is 9.14. The maximum atomic E-state index is 13.3. The predicted octanol–water partition coefficient (Wildman–Crippen LogP) is -1.43. The third-order valence-electron chi connectivity index (χ3n) is 5.81. The minimum atomic E-state index is -1.19. The minimum Gasteiger partial charge on any atom is -0.480 e. The van der Waals surface area contributed by atoms with Crippen LogP contribution < -0.4 is 27.4 Å². The number of amides is 3. The fraction of sp³-hybridized carbons (Fsp3) is 0.565. The van der Waals surface area contributed by atoms with Gasteiger partial charge in [0.25, 0.3) is 0 Å². The molecule has 0 spiro atoms. The maximum Gasteiger partial charge on any atom is 0.326 e. The lowest BCUT2D eigenvalue weighted by molar-refractivity contribution is -0.142. The number of rotatable bonds is 16. The van der Waals surface area contributed by atoms with Crippen LogP contribution in [0.2, 0.25) is 0 Å². The van der Waals surface area contributed by atoms with Crippen LogP contribution in [0.3, 0.4) is 0 Å². The Labute approximate surface area is 214 Å². The van der Waals surface area contributed by atoms with Crippen LogP contribution in [0, 0.1) is 5.92 Å². The monoisotopic (exact) mass is 519 g/mol. The number of nitrogens with zero attached hydrogens (tertiary/aromatic N) is 2. The molecule has 3 amide bonds. The smallest absolute Gasteiger partial charge is 0.326 e. The standard InChI is InChI=1S/C23H37N9O5/c1-13(2)19(25)22(35)32-18(8-15-10-27-12-29-15)21(34)31-17(7-14-9-26-11-28-14)20(33)30-16(23(36)37)5-3-4-6-24/h9-13,16-19H,3-8,24-25H2,1-2H3,(H,26,28)(H,27,29)(H,30,33)(H,31,34)(H,32,35)(H,36,37). The molecule has 204 valence electrons. The Morgan fingerprint density at radius 1 is 0.865 bits per heavy atom. The summed E-state index contributed by atoms with van der Waals surface area (Å²) in [5.41, 5.74) is 12.6. The highest BCUT2D eigenvalue weighted by Crippen LogP contribution is 2.07. The molecule has 14 heteroatoms. The van der Waals surface area contributed by atoms with E-state index in [2.05, 4.69) is 35.9 Å². The highest BCUT2D eigenvalue weighted by Gasteiger charge is 2.31. The SMILES string of the molecule is CC(C)C(N)C(=O)NC(Cc1cnc[nH]1)C(=O)NC(Cc1cnc[nH]1)C(=O)NC(CCCCN)C(=O)O. The van der Waals surface area contributed by atoms with Crippen molar-refractivity contribution in [1.29, 1.82) is 0 Å². The zero-order chi connectivity index (χ0) is 27.4. The number of nitrogens with one attached hydrogen (secondary N) is 5. The molecule has 0 radical (unpaired) electrons. The number of imidazole rings is 2. The average Bonchev–Trinajstić information content (AvgIpc) is 3.56. The third-order valence-corrected chi connectivity index (χ3v) is 5.81. The van der Waals surface area contributed by atoms with Crippen LogP contribution in [-0.2, 0) is 32.0 Å². The van der Waals surface area contributed by atoms with Crippen molar-refractivity contribution in [1.82, 2.24) is 35.9 Å². The highest BCUT2D eigenvalue weighted by atomic mass is 16.4. The lowest BCUT2D eigenvalue weighted by atomic mass is 10.0. The summed E-state index contributed by atoms with van der Waals surface area (Å²) >= 11 is 0. The topological polar surface area (TPSA) is 234 Å². The molecule has 0 bridgehead atoms. The third kappa shape index (κ3) is 9.65. The second kappa shape index (κ2) is 14.7. The van der Waals surface area contributed by atoms with E-state index in [1.54, 1.807) is 13.8 Å². The average molecular weight is 520 g/mol. The van der Waals surface area contributed by atoms with E-state index in [0.29, 0.717) is 30.8 Å². The van der Waals surface area contributed by atoms with Crippen molar-refractivity contribution in [2.75, 3.05) is 6.54 Å². The number of carboxylic acid groups (broad SMARTS) is 1. The molecule has 37 heavy (non-hydrogen) atoms. The number of nitrogens with two attached hydrogens (primary N) is 2. The van der Waals surface area contributed by atoms with Crippen LogP contribution in [0.15, 0.2) is 25.0 Å². The number of carbonyl (C=O) groups excluding carboxylic acids is 3. The molecule has 4 atom stereocenters. The van der Waals surface area contributed by atoms with Gasteiger partial charge in [-0.2, -0.15) is 0 Å². The van der Waals surface area contributed by atoms with Gasteiger partial charge in [-0.3, -0.25) is 14.4 Å². The summed E-state index contributed by atoms with van der Waals surface area (Å²) in [6.45, 7) is 3.97. The van der Waals surface area contributed by atoms with Crippen molar-refractivity contribution in [2.24, 2.45) is 17.4 Å². The lowest BCUT2D eigenvalue weighted by Crippen LogP contribution is -2.58. The Kier molecular flexibility index (Phi) is 11.7. The van der Waals surface area contributed by atoms with E-state index in [1.807, 2.05) is 0 Å². The number of carbonyl (C=O) groups is 4. The number of unbranched alkanes of at least 4 members (excludes halogenated alkanes) is 1. The van der Waals surface area contributed by atoms with Gasteiger partial charge in [0, 0.05) is 36.6 Å². The van der Waals surface area contributed by atoms with Crippen molar-refractivity contribution in [3.8, 4) is 0 Å². The molecule has 2 rings (SSSR count). The fourth-order valence-electron chi connectivity index (χ4n) is 3.52. The normalized spacial score (nSPS) is 14.4. The Bertz CT molecular complexity index is 994. The van der Waals surface area contributed by atoms with E-state index in [4.69, 9.17) is 11.5 Å². The molecule has 4 unspecified atom stereocenters. The minimum absolute atomic E-state index is 0.0168. The molecular weight excluding hydrogens is 482 g/mol. The molecule has 2 heterocycles. The maximum absolute atomic E-state index is 13.3. The Morgan fingerprint density at radius 2 is 1.35 bits per heavy atom. The molecule has 0 saturated carbocycles. The number of aromatic nitrogens is 4. The van der Waals surface area contributed by atoms with Crippen LogP contribution in [-0.4, -0.2) is 79.4 Å². The zero-order valence-electron chi connectivity index (χ0n) is 21.1. The van der Waals surface area contributed by atoms with Crippen molar-refractivity contribution in [2.45, 2.75) is 70.1 Å². The first-order valence-electron chi connectivity index (χ1n) is 12.2. The molecule has 14 nitrogen and oxygen atoms in total. The number of carboxylic acids is 1. The van der Waals surface area contributed by atoms with Crippen LogP contribution >= 0.6 is 0 Å². The van der Waals surface area contributed by atoms with E-state index in [9.17, 15) is 24.3 Å². The van der Waals surface area contributed by atoms with Gasteiger partial charge in [0.2, 0.25) is 17.7 Å². The summed E-state index contributed by atoms with van der Waals surface area (Å²) < 4.78 is 0. The number of aliphatic carboxylic acids is 1. The summed E-state index contributed by atoms with van der Waals surface area (Å²) in [6, 6.07) is -4.21. The van der Waals surface area contributed by atoms with Gasteiger partial charge < -0.3 is 42.5 Å². The largest absolute Gasteiger partial charge is 0.480 e. The van der Waals surface area contributed by atoms with Gasteiger partial charge in [0.15, 0.2) is 0 Å². The first-order chi connectivity index (χ1) is 17.6. The van der Waals surface area contributed by atoms with E-state index < -0.39 is 47.9 Å². The molecule has 0 aliphatic carbocycles. The molecular formula is C23H37N9O5. The predicted molar refractivity (Wildman–Crippen MR) is 134 cm³/mol. The molecule has 2 aromatic heterocycles. The van der Waals surface area contributed by atoms with E-state index >= 15 is 0 Å². The van der Waals surface area contributed by atoms with Gasteiger partial charge in [0.1, 0.15) is 18.1 Å². The number of aromatic amines is 2. The van der Waals surface area contributed by atoms with Crippen molar-refractivity contribution in [3.05, 3.63) is 36.4 Å². The number of hydrogen-bond donors (Lipinski definition) is 8. The highest BCUT2D eigenvalue weighted by molar-refractivity contribution is 5.94. The van der Waals surface area contributed by atoms with Crippen molar-refractivity contribution in [3.63, 3.8) is 0 Å². The van der Waals surface area contributed by atoms with Gasteiger partial charge >= 0.3 is 5.97 Å². The van der Waals surface area contributed by atoms with Gasteiger partial charge in [-0.15, -0.1) is 0 Å². The summed E-state index contributed by atoms with van der Waals surface area (Å²) in [4.78, 5) is 64.4. The van der Waals surface area contributed by atoms with E-state index in [1.165, 1.54) is 25.0 Å². The van der Waals surface area contributed by atoms with Crippen molar-refractivity contribution >= 4 is 23.7 Å². The summed E-state index contributed by atoms with van der Waals surface area (Å²) in [5.74, 6) is -3.21. The zero-order valence-corrected chi connectivity index (χ0v) is 21.1. The van der Waals surface area contributed by atoms with Gasteiger partial charge in [0.05, 0.1) is 18.7 Å². The van der Waals surface area contributed by atoms with Crippen LogP contribution in [0.4, 0.5) is 0 Å². The van der Waals surface area contributed by atoms with E-state index in [-0.39, 0.29) is 25.2 Å². The molecule has 0 saturated heterocycles. The number of H-pyrrole nitrogens is 2. The van der Waals surface area contributed by atoms with E-state index in [0.717, 1.165) is 0 Å². The Balaban J connectivity index is 2.21. The Morgan fingerprint density at radius 3 is 1.76 bits per heavy atom. The summed E-state index contributed by atoms with van der Waals surface area (Å²) in [7, 11) is 0. The first-order valence-corrected chi connectivity index (χ1v) is 12.2. The van der Waals surface area contributed by atoms with Gasteiger partial charge in [-0.25, -0.2) is 14.8 Å². The van der Waals surface area contributed by atoms with Gasteiger partial charge in [-0.1, -0.05) is 13.8 Å². The molecule has 0 fully saturated rings. The van der Waals surface area contributed by atoms with Crippen LogP contribution in [0.1, 0.15) is 44.5 Å². The quantitative estimate of drug-likeness (QED) is 0.121. The second-order valence-electron chi connectivity index (χ2n) is 9.14. The summed E-state index contributed by atoms with van der Waals surface area (Å²) in [6.07, 6.45) is 7.28. The molecule has 0 aliphatic heterocycles. The van der Waals surface area contributed by atoms with Crippen molar-refractivity contribution < 1.29 is 24.3 Å². The van der Waals surface area contributed by atoms with Crippen LogP contribution in [0.5, 0.6) is 0 Å². The molecule has 0 aliphatic rings. The fourth-order valence-corrected chi connectivity index (χ4v) is 3.52. The summed E-state index contributed by atoms with van der Waals surface area (Å²) in [5, 5.41) is 17.4. The van der Waals surface area contributed by atoms with Gasteiger partial charge in [-0.05, 0) is 31.7 Å². The molecule has 0 aromatic carbocycles. The first kappa shape index (κ1) is 29.5. The molecule has 10 N–H and O–H groups in total. The Hall–Kier alpha value is -3.78. The molecule has 2 aromatic rings. The number of hydrogen-bond acceptors (Lipinski definition) is 8. The van der Waals surface area contributed by atoms with Crippen LogP contribution in [0.25, 0.3) is 0 Å². The lowest BCUT2D eigenvalue weighted by Gasteiger charge is -2.25.